The Balaban J connectivity index is 1.55. The van der Waals surface area contributed by atoms with Crippen molar-refractivity contribution in [3.05, 3.63) is 16.6 Å². The number of aliphatic hydroxyl groups is 2. The Hall–Kier alpha value is -1.02. The summed E-state index contributed by atoms with van der Waals surface area (Å²) in [5.41, 5.74) is 1.26. The van der Waals surface area contributed by atoms with Crippen LogP contribution in [0.15, 0.2) is 10.9 Å². The van der Waals surface area contributed by atoms with E-state index in [2.05, 4.69) is 9.88 Å². The monoisotopic (exact) mass is 339 g/mol. The minimum absolute atomic E-state index is 0.0200. The summed E-state index contributed by atoms with van der Waals surface area (Å²) in [5.74, 6) is -0.0200. The summed E-state index contributed by atoms with van der Waals surface area (Å²) in [6.07, 6.45) is 2.63. The largest absolute Gasteiger partial charge is 0.389 e. The van der Waals surface area contributed by atoms with Gasteiger partial charge in [0, 0.05) is 37.6 Å². The Morgan fingerprint density at radius 1 is 1.48 bits per heavy atom. The van der Waals surface area contributed by atoms with Gasteiger partial charge in [0.15, 0.2) is 0 Å². The fraction of sp³-hybridized carbons (Fsp3) is 0.750. The molecule has 1 aliphatic heterocycles. The van der Waals surface area contributed by atoms with E-state index in [0.717, 1.165) is 12.8 Å². The van der Waals surface area contributed by atoms with Crippen molar-refractivity contribution in [2.24, 2.45) is 0 Å². The van der Waals surface area contributed by atoms with Crippen LogP contribution in [-0.4, -0.2) is 74.8 Å². The maximum atomic E-state index is 12.4. The van der Waals surface area contributed by atoms with Crippen LogP contribution in [0.5, 0.6) is 0 Å². The van der Waals surface area contributed by atoms with Crippen LogP contribution < -0.4 is 0 Å². The summed E-state index contributed by atoms with van der Waals surface area (Å²) in [5, 5.41) is 22.6. The van der Waals surface area contributed by atoms with Gasteiger partial charge in [-0.25, -0.2) is 4.98 Å². The number of hydrogen-bond acceptors (Lipinski definition) is 6. The normalized spacial score (nSPS) is 26.4. The molecule has 1 saturated carbocycles. The quantitative estimate of drug-likeness (QED) is 0.854. The lowest BCUT2D eigenvalue weighted by Gasteiger charge is -2.41. The smallest absolute Gasteiger partial charge is 0.273 e. The Kier molecular flexibility index (Phi) is 5.01. The zero-order valence-corrected chi connectivity index (χ0v) is 14.3. The van der Waals surface area contributed by atoms with Crippen molar-refractivity contribution in [1.82, 2.24) is 14.8 Å². The predicted octanol–water partition coefficient (Wildman–Crippen LogP) is 0.955. The molecular weight excluding hydrogens is 314 g/mol. The Bertz CT molecular complexity index is 531. The number of aromatic nitrogens is 1. The van der Waals surface area contributed by atoms with E-state index in [1.165, 1.54) is 11.3 Å². The average Bonchev–Trinajstić information content (AvgIpc) is 3.19. The van der Waals surface area contributed by atoms with Crippen LogP contribution in [0, 0.1) is 0 Å². The molecule has 0 bridgehead atoms. The third-order valence-corrected chi connectivity index (χ3v) is 5.73. The standard InChI is InChI=1S/C16H25N3O3S/c1-12-8-18(9-14(20)16(22)4-2-3-5-16)6-7-19(12)15(21)13-10-23-11-17-13/h10-12,14,20,22H,2-9H2,1H3/t12-,14?/m0/s1. The van der Waals surface area contributed by atoms with Gasteiger partial charge in [0.2, 0.25) is 0 Å². The van der Waals surface area contributed by atoms with Crippen LogP contribution in [0.1, 0.15) is 43.1 Å². The molecule has 1 unspecified atom stereocenters. The highest BCUT2D eigenvalue weighted by atomic mass is 32.1. The number of piperazine rings is 1. The van der Waals surface area contributed by atoms with Gasteiger partial charge < -0.3 is 15.1 Å². The molecule has 2 atom stereocenters. The molecule has 2 N–H and O–H groups in total. The molecular formula is C16H25N3O3S. The number of β-amino-alcohol motifs (C(OH)–C–C–N with tert-alkyl or cyclic N) is 1. The lowest BCUT2D eigenvalue weighted by atomic mass is 9.94. The molecule has 1 aliphatic carbocycles. The molecule has 23 heavy (non-hydrogen) atoms. The topological polar surface area (TPSA) is 76.9 Å². The second-order valence-electron chi connectivity index (χ2n) is 6.81. The highest BCUT2D eigenvalue weighted by molar-refractivity contribution is 7.07. The Morgan fingerprint density at radius 3 is 2.83 bits per heavy atom. The van der Waals surface area contributed by atoms with Crippen LogP contribution in [0.2, 0.25) is 0 Å². The highest BCUT2D eigenvalue weighted by Crippen LogP contribution is 2.33. The van der Waals surface area contributed by atoms with E-state index in [4.69, 9.17) is 0 Å². The van der Waals surface area contributed by atoms with Gasteiger partial charge in [0.1, 0.15) is 5.69 Å². The van der Waals surface area contributed by atoms with E-state index in [-0.39, 0.29) is 11.9 Å². The summed E-state index contributed by atoms with van der Waals surface area (Å²) in [6, 6.07) is 0.0726. The lowest BCUT2D eigenvalue weighted by molar-refractivity contribution is -0.0860. The van der Waals surface area contributed by atoms with E-state index < -0.39 is 11.7 Å². The number of nitrogens with zero attached hydrogens (tertiary/aromatic N) is 3. The van der Waals surface area contributed by atoms with Crippen LogP contribution in [0.4, 0.5) is 0 Å². The summed E-state index contributed by atoms with van der Waals surface area (Å²) in [4.78, 5) is 20.5. The molecule has 1 aromatic rings. The maximum absolute atomic E-state index is 12.4. The Morgan fingerprint density at radius 2 is 2.22 bits per heavy atom. The van der Waals surface area contributed by atoms with Crippen LogP contribution in [0.3, 0.4) is 0 Å². The summed E-state index contributed by atoms with van der Waals surface area (Å²) >= 11 is 1.43. The fourth-order valence-corrected chi connectivity index (χ4v) is 4.23. The first-order chi connectivity index (χ1) is 11.0. The molecule has 1 amide bonds. The maximum Gasteiger partial charge on any atom is 0.273 e. The average molecular weight is 339 g/mol. The van der Waals surface area contributed by atoms with Crippen LogP contribution in [0.25, 0.3) is 0 Å². The van der Waals surface area contributed by atoms with E-state index in [1.807, 2.05) is 11.8 Å². The van der Waals surface area contributed by atoms with Crippen molar-refractivity contribution in [3.8, 4) is 0 Å². The van der Waals surface area contributed by atoms with Gasteiger partial charge in [-0.05, 0) is 19.8 Å². The predicted molar refractivity (Wildman–Crippen MR) is 88.5 cm³/mol. The summed E-state index contributed by atoms with van der Waals surface area (Å²) in [7, 11) is 0. The summed E-state index contributed by atoms with van der Waals surface area (Å²) in [6.45, 7) is 4.55. The zero-order valence-electron chi connectivity index (χ0n) is 13.5. The molecule has 128 valence electrons. The number of amides is 1. The van der Waals surface area contributed by atoms with E-state index >= 15 is 0 Å². The van der Waals surface area contributed by atoms with Crippen molar-refractivity contribution in [2.45, 2.75) is 50.4 Å². The lowest BCUT2D eigenvalue weighted by Crippen LogP contribution is -2.57. The number of carbonyl (C=O) groups is 1. The van der Waals surface area contributed by atoms with Gasteiger partial charge in [-0.15, -0.1) is 11.3 Å². The van der Waals surface area contributed by atoms with Gasteiger partial charge >= 0.3 is 0 Å². The fourth-order valence-electron chi connectivity index (χ4n) is 3.70. The molecule has 1 saturated heterocycles. The minimum Gasteiger partial charge on any atom is -0.389 e. The van der Waals surface area contributed by atoms with Crippen LogP contribution >= 0.6 is 11.3 Å². The van der Waals surface area contributed by atoms with Crippen molar-refractivity contribution < 1.29 is 15.0 Å². The van der Waals surface area contributed by atoms with E-state index in [0.29, 0.717) is 44.7 Å². The zero-order chi connectivity index (χ0) is 16.4. The van der Waals surface area contributed by atoms with Gasteiger partial charge in [0.05, 0.1) is 17.2 Å². The Labute approximate surface area is 140 Å². The number of aliphatic hydroxyl groups excluding tert-OH is 1. The first-order valence-corrected chi connectivity index (χ1v) is 9.26. The SMILES string of the molecule is C[C@H]1CN(CC(O)C2(O)CCCC2)CCN1C(=O)c1cscn1. The number of thiazole rings is 1. The van der Waals surface area contributed by atoms with Gasteiger partial charge in [-0.3, -0.25) is 9.69 Å². The third-order valence-electron chi connectivity index (χ3n) is 5.14. The third kappa shape index (κ3) is 3.57. The highest BCUT2D eigenvalue weighted by Gasteiger charge is 2.40. The minimum atomic E-state index is -0.920. The van der Waals surface area contributed by atoms with Gasteiger partial charge in [-0.2, -0.15) is 0 Å². The second kappa shape index (κ2) is 6.84. The molecule has 0 spiro atoms. The molecule has 3 rings (SSSR count). The number of carbonyl (C=O) groups excluding carboxylic acids is 1. The van der Waals surface area contributed by atoms with Crippen LogP contribution in [-0.2, 0) is 0 Å². The molecule has 0 radical (unpaired) electrons. The van der Waals surface area contributed by atoms with Crippen molar-refractivity contribution in [3.63, 3.8) is 0 Å². The van der Waals surface area contributed by atoms with Gasteiger partial charge in [-0.1, -0.05) is 12.8 Å². The second-order valence-corrected chi connectivity index (χ2v) is 7.53. The molecule has 2 aliphatic rings. The van der Waals surface area contributed by atoms with E-state index in [1.54, 1.807) is 10.9 Å². The summed E-state index contributed by atoms with van der Waals surface area (Å²) < 4.78 is 0. The van der Waals surface area contributed by atoms with Gasteiger partial charge in [0.25, 0.3) is 5.91 Å². The molecule has 7 heteroatoms. The molecule has 6 nitrogen and oxygen atoms in total. The molecule has 2 fully saturated rings. The first-order valence-electron chi connectivity index (χ1n) is 8.31. The first kappa shape index (κ1) is 16.8. The number of hydrogen-bond donors (Lipinski definition) is 2. The van der Waals surface area contributed by atoms with E-state index in [9.17, 15) is 15.0 Å². The van der Waals surface area contributed by atoms with Crippen molar-refractivity contribution >= 4 is 17.2 Å². The molecule has 0 aromatic carbocycles. The van der Waals surface area contributed by atoms with Crippen molar-refractivity contribution in [2.75, 3.05) is 26.2 Å². The van der Waals surface area contributed by atoms with Crippen molar-refractivity contribution in [1.29, 1.82) is 0 Å². The molecule has 1 aromatic heterocycles. The number of rotatable bonds is 4. The molecule has 2 heterocycles.